The van der Waals surface area contributed by atoms with E-state index in [2.05, 4.69) is 4.90 Å². The van der Waals surface area contributed by atoms with E-state index in [1.54, 1.807) is 0 Å². The van der Waals surface area contributed by atoms with Crippen LogP contribution in [0.5, 0.6) is 0 Å². The van der Waals surface area contributed by atoms with Crippen molar-refractivity contribution in [3.63, 3.8) is 0 Å². The molecule has 2 aliphatic rings. The van der Waals surface area contributed by atoms with E-state index >= 15 is 0 Å². The molecule has 1 saturated heterocycles. The van der Waals surface area contributed by atoms with Crippen LogP contribution in [-0.2, 0) is 0 Å². The molecule has 1 aromatic rings. The number of hydrogen-bond acceptors (Lipinski definition) is 2. The molecule has 2 nitrogen and oxygen atoms in total. The molecule has 1 aliphatic heterocycles. The molecule has 2 fully saturated rings. The third-order valence-electron chi connectivity index (χ3n) is 4.69. The van der Waals surface area contributed by atoms with Crippen LogP contribution in [-0.4, -0.2) is 18.9 Å². The Labute approximate surface area is 119 Å². The monoisotopic (exact) mass is 277 g/mol. The first-order valence-electron chi connectivity index (χ1n) is 7.31. The van der Waals surface area contributed by atoms with Crippen molar-refractivity contribution in [3.05, 3.63) is 28.8 Å². The average Bonchev–Trinajstić information content (AvgIpc) is 2.46. The maximum atomic E-state index is 10.8. The molecule has 1 saturated carbocycles. The highest BCUT2D eigenvalue weighted by molar-refractivity contribution is 6.33. The van der Waals surface area contributed by atoms with Crippen molar-refractivity contribution in [1.29, 1.82) is 0 Å². The molecule has 1 aliphatic carbocycles. The second kappa shape index (κ2) is 5.54. The fourth-order valence-corrected chi connectivity index (χ4v) is 3.95. The molecule has 0 bridgehead atoms. The van der Waals surface area contributed by atoms with Crippen LogP contribution in [0.1, 0.15) is 48.9 Å². The van der Waals surface area contributed by atoms with Crippen molar-refractivity contribution < 1.29 is 4.79 Å². The van der Waals surface area contributed by atoms with Crippen LogP contribution in [0.3, 0.4) is 0 Å². The second-order valence-corrected chi connectivity index (χ2v) is 6.18. The predicted octanol–water partition coefficient (Wildman–Crippen LogP) is 4.31. The van der Waals surface area contributed by atoms with Gasteiger partial charge in [-0.05, 0) is 49.8 Å². The molecular formula is C16H20ClNO. The van der Waals surface area contributed by atoms with E-state index in [-0.39, 0.29) is 0 Å². The van der Waals surface area contributed by atoms with Crippen LogP contribution in [0.4, 0.5) is 5.69 Å². The number of halogens is 1. The minimum Gasteiger partial charge on any atom is -0.368 e. The molecule has 1 aromatic carbocycles. The third-order valence-corrected chi connectivity index (χ3v) is 5.01. The lowest BCUT2D eigenvalue weighted by molar-refractivity contribution is 0.112. The molecule has 19 heavy (non-hydrogen) atoms. The van der Waals surface area contributed by atoms with Gasteiger partial charge in [0, 0.05) is 23.8 Å². The number of carbonyl (C=O) groups is 1. The Kier molecular flexibility index (Phi) is 3.79. The average molecular weight is 278 g/mol. The number of hydrogen-bond donors (Lipinski definition) is 0. The number of benzene rings is 1. The van der Waals surface area contributed by atoms with E-state index in [1.165, 1.54) is 44.2 Å². The summed E-state index contributed by atoms with van der Waals surface area (Å²) >= 11 is 6.17. The van der Waals surface area contributed by atoms with Crippen LogP contribution in [0.25, 0.3) is 0 Å². The van der Waals surface area contributed by atoms with Gasteiger partial charge in [0.2, 0.25) is 0 Å². The van der Waals surface area contributed by atoms with Gasteiger partial charge in [-0.1, -0.05) is 24.4 Å². The highest BCUT2D eigenvalue weighted by Crippen LogP contribution is 2.38. The minimum absolute atomic E-state index is 0.574. The summed E-state index contributed by atoms with van der Waals surface area (Å²) in [7, 11) is 0. The van der Waals surface area contributed by atoms with Crippen LogP contribution in [0.15, 0.2) is 18.2 Å². The Balaban J connectivity index is 1.87. The van der Waals surface area contributed by atoms with Crippen LogP contribution >= 0.6 is 11.6 Å². The Morgan fingerprint density at radius 3 is 2.74 bits per heavy atom. The molecule has 0 amide bonds. The molecule has 0 N–H and O–H groups in total. The zero-order chi connectivity index (χ0) is 13.2. The molecule has 0 aromatic heterocycles. The van der Waals surface area contributed by atoms with E-state index in [9.17, 15) is 4.79 Å². The largest absolute Gasteiger partial charge is 0.368 e. The maximum Gasteiger partial charge on any atom is 0.151 e. The number of anilines is 1. The second-order valence-electron chi connectivity index (χ2n) is 5.77. The number of fused-ring (bicyclic) bond motifs is 1. The first-order valence-corrected chi connectivity index (χ1v) is 7.69. The van der Waals surface area contributed by atoms with Gasteiger partial charge in [-0.2, -0.15) is 0 Å². The smallest absolute Gasteiger partial charge is 0.151 e. The predicted molar refractivity (Wildman–Crippen MR) is 79.2 cm³/mol. The van der Waals surface area contributed by atoms with E-state index < -0.39 is 0 Å². The van der Waals surface area contributed by atoms with Gasteiger partial charge in [0.1, 0.15) is 0 Å². The first-order chi connectivity index (χ1) is 9.29. The summed E-state index contributed by atoms with van der Waals surface area (Å²) in [6, 6.07) is 6.53. The highest BCUT2D eigenvalue weighted by atomic mass is 35.5. The number of piperidine rings is 1. The number of nitrogens with zero attached hydrogens (tertiary/aromatic N) is 1. The standard InChI is InChI=1S/C16H20ClNO/c17-15-10-14(8-7-13(15)11-19)18-9-3-5-12-4-1-2-6-16(12)18/h7-8,10-12,16H,1-6,9H2. The Hall–Kier alpha value is -1.02. The van der Waals surface area contributed by atoms with Crippen molar-refractivity contribution in [2.24, 2.45) is 5.92 Å². The lowest BCUT2D eigenvalue weighted by atomic mass is 9.78. The fraction of sp³-hybridized carbons (Fsp3) is 0.562. The zero-order valence-corrected chi connectivity index (χ0v) is 11.9. The van der Waals surface area contributed by atoms with Crippen molar-refractivity contribution in [1.82, 2.24) is 0 Å². The lowest BCUT2D eigenvalue weighted by Crippen LogP contribution is -2.46. The Morgan fingerprint density at radius 2 is 1.95 bits per heavy atom. The molecule has 102 valence electrons. The number of aldehydes is 1. The van der Waals surface area contributed by atoms with Crippen LogP contribution in [0.2, 0.25) is 5.02 Å². The van der Waals surface area contributed by atoms with Gasteiger partial charge in [-0.25, -0.2) is 0 Å². The van der Waals surface area contributed by atoms with Gasteiger partial charge in [-0.15, -0.1) is 0 Å². The van der Waals surface area contributed by atoms with Crippen molar-refractivity contribution in [3.8, 4) is 0 Å². The highest BCUT2D eigenvalue weighted by Gasteiger charge is 2.33. The van der Waals surface area contributed by atoms with E-state index in [0.29, 0.717) is 16.6 Å². The molecule has 0 radical (unpaired) electrons. The maximum absolute atomic E-state index is 10.8. The number of carbonyl (C=O) groups excluding carboxylic acids is 1. The van der Waals surface area contributed by atoms with E-state index in [1.807, 2.05) is 18.2 Å². The molecule has 3 heteroatoms. The summed E-state index contributed by atoms with van der Waals surface area (Å²) in [6.45, 7) is 1.12. The summed E-state index contributed by atoms with van der Waals surface area (Å²) in [5.74, 6) is 0.854. The summed E-state index contributed by atoms with van der Waals surface area (Å²) < 4.78 is 0. The first kappa shape index (κ1) is 13.0. The van der Waals surface area contributed by atoms with Gasteiger partial charge < -0.3 is 4.90 Å². The van der Waals surface area contributed by atoms with Crippen LogP contribution in [0, 0.1) is 5.92 Å². The molecule has 0 spiro atoms. The normalized spacial score (nSPS) is 26.9. The Morgan fingerprint density at radius 1 is 1.16 bits per heavy atom. The quantitative estimate of drug-likeness (QED) is 0.751. The number of rotatable bonds is 2. The summed E-state index contributed by atoms with van der Waals surface area (Å²) in [5, 5.41) is 0.574. The minimum atomic E-state index is 0.574. The van der Waals surface area contributed by atoms with Gasteiger partial charge in [0.05, 0.1) is 5.02 Å². The lowest BCUT2D eigenvalue weighted by Gasteiger charge is -2.45. The van der Waals surface area contributed by atoms with E-state index in [0.717, 1.165) is 18.7 Å². The van der Waals surface area contributed by atoms with E-state index in [4.69, 9.17) is 11.6 Å². The molecule has 1 heterocycles. The summed E-state index contributed by atoms with van der Waals surface area (Å²) in [5.41, 5.74) is 1.77. The van der Waals surface area contributed by atoms with Gasteiger partial charge in [-0.3, -0.25) is 4.79 Å². The van der Waals surface area contributed by atoms with Crippen molar-refractivity contribution in [2.45, 2.75) is 44.6 Å². The van der Waals surface area contributed by atoms with Gasteiger partial charge >= 0.3 is 0 Å². The van der Waals surface area contributed by atoms with Crippen molar-refractivity contribution in [2.75, 3.05) is 11.4 Å². The van der Waals surface area contributed by atoms with Crippen LogP contribution < -0.4 is 4.90 Å². The molecule has 3 rings (SSSR count). The molecular weight excluding hydrogens is 258 g/mol. The summed E-state index contributed by atoms with van der Waals surface area (Å²) in [4.78, 5) is 13.4. The van der Waals surface area contributed by atoms with Gasteiger partial charge in [0.25, 0.3) is 0 Å². The van der Waals surface area contributed by atoms with Crippen molar-refractivity contribution >= 4 is 23.6 Å². The SMILES string of the molecule is O=Cc1ccc(N2CCCC3CCCCC32)cc1Cl. The van der Waals surface area contributed by atoms with Gasteiger partial charge in [0.15, 0.2) is 6.29 Å². The third kappa shape index (κ3) is 2.51. The topological polar surface area (TPSA) is 20.3 Å². The Bertz CT molecular complexity index is 472. The zero-order valence-electron chi connectivity index (χ0n) is 11.1. The fourth-order valence-electron chi connectivity index (χ4n) is 3.74. The molecule has 2 unspecified atom stereocenters. The summed E-state index contributed by atoms with van der Waals surface area (Å²) in [6.07, 6.45) is 8.89. The molecule has 2 atom stereocenters.